The van der Waals surface area contributed by atoms with Gasteiger partial charge in [0.15, 0.2) is 10.8 Å². The molecule has 3 rings (SSSR count). The van der Waals surface area contributed by atoms with Crippen LogP contribution in [0.3, 0.4) is 0 Å². The van der Waals surface area contributed by atoms with Crippen LogP contribution in [0.15, 0.2) is 17.4 Å². The van der Waals surface area contributed by atoms with Crippen molar-refractivity contribution in [3.05, 3.63) is 22.3 Å². The summed E-state index contributed by atoms with van der Waals surface area (Å²) in [6.45, 7) is 3.60. The van der Waals surface area contributed by atoms with E-state index in [0.717, 1.165) is 25.9 Å². The summed E-state index contributed by atoms with van der Waals surface area (Å²) >= 11 is 13.5. The van der Waals surface area contributed by atoms with E-state index in [9.17, 15) is 4.79 Å². The van der Waals surface area contributed by atoms with E-state index in [4.69, 9.17) is 23.2 Å². The molecule has 1 fully saturated rings. The van der Waals surface area contributed by atoms with Gasteiger partial charge >= 0.3 is 0 Å². The molecule has 1 aliphatic heterocycles. The summed E-state index contributed by atoms with van der Waals surface area (Å²) in [4.78, 5) is 14.4. The Morgan fingerprint density at radius 1 is 1.27 bits per heavy atom. The van der Waals surface area contributed by atoms with Crippen molar-refractivity contribution >= 4 is 46.5 Å². The summed E-state index contributed by atoms with van der Waals surface area (Å²) in [7, 11) is 0. The number of amides is 1. The summed E-state index contributed by atoms with van der Waals surface area (Å²) in [6, 6.07) is 1.63. The lowest BCUT2D eigenvalue weighted by molar-refractivity contribution is -0.131. The van der Waals surface area contributed by atoms with Gasteiger partial charge in [-0.05, 0) is 32.3 Å². The molecule has 0 aromatic carbocycles. The Bertz CT molecular complexity index is 699. The highest BCUT2D eigenvalue weighted by Gasteiger charge is 2.24. The van der Waals surface area contributed by atoms with E-state index in [-0.39, 0.29) is 11.2 Å². The largest absolute Gasteiger partial charge is 0.342 e. The summed E-state index contributed by atoms with van der Waals surface area (Å²) in [6.07, 6.45) is 5.09. The second-order valence-corrected chi connectivity index (χ2v) is 7.48. The molecule has 2 aromatic rings. The first-order valence-electron chi connectivity index (χ1n) is 7.21. The number of aromatic nitrogens is 3. The van der Waals surface area contributed by atoms with Gasteiger partial charge in [-0.2, -0.15) is 0 Å². The van der Waals surface area contributed by atoms with E-state index in [1.807, 2.05) is 11.8 Å². The van der Waals surface area contributed by atoms with Crippen LogP contribution < -0.4 is 0 Å². The minimum Gasteiger partial charge on any atom is -0.342 e. The van der Waals surface area contributed by atoms with Gasteiger partial charge in [-0.15, -0.1) is 10.2 Å². The Morgan fingerprint density at radius 2 is 2.00 bits per heavy atom. The van der Waals surface area contributed by atoms with Crippen molar-refractivity contribution in [3.8, 4) is 0 Å². The van der Waals surface area contributed by atoms with Gasteiger partial charge < -0.3 is 4.90 Å². The molecule has 0 N–H and O–H groups in total. The molecule has 0 unspecified atom stereocenters. The zero-order valence-electron chi connectivity index (χ0n) is 12.1. The number of hydrogen-bond acceptors (Lipinski definition) is 4. The summed E-state index contributed by atoms with van der Waals surface area (Å²) in [5.74, 6) is 0.148. The SMILES string of the molecule is C[C@H](Sc1nnc2c(Cl)cc(Cl)cn12)C(=O)N1CCCCC1. The molecule has 0 aliphatic carbocycles. The first kappa shape index (κ1) is 15.9. The normalized spacial score (nSPS) is 17.0. The first-order chi connectivity index (χ1) is 10.6. The summed E-state index contributed by atoms with van der Waals surface area (Å²) < 4.78 is 1.73. The Hall–Kier alpha value is -0.980. The number of hydrogen-bond donors (Lipinski definition) is 0. The highest BCUT2D eigenvalue weighted by atomic mass is 35.5. The maximum Gasteiger partial charge on any atom is 0.235 e. The highest BCUT2D eigenvalue weighted by Crippen LogP contribution is 2.28. The molecule has 118 valence electrons. The molecule has 1 aliphatic rings. The number of halogens is 2. The Kier molecular flexibility index (Phi) is 4.80. The van der Waals surface area contributed by atoms with Gasteiger partial charge in [0, 0.05) is 19.3 Å². The lowest BCUT2D eigenvalue weighted by Gasteiger charge is -2.28. The molecule has 1 saturated heterocycles. The van der Waals surface area contributed by atoms with Crippen molar-refractivity contribution < 1.29 is 4.79 Å². The molecule has 0 saturated carbocycles. The van der Waals surface area contributed by atoms with Crippen LogP contribution >= 0.6 is 35.0 Å². The number of likely N-dealkylation sites (tertiary alicyclic amines) is 1. The van der Waals surface area contributed by atoms with Crippen molar-refractivity contribution in [1.29, 1.82) is 0 Å². The van der Waals surface area contributed by atoms with Crippen LogP contribution in [0.4, 0.5) is 0 Å². The molecule has 0 radical (unpaired) electrons. The second-order valence-electron chi connectivity index (χ2n) is 5.33. The van der Waals surface area contributed by atoms with E-state index in [0.29, 0.717) is 20.8 Å². The molecule has 0 bridgehead atoms. The molecule has 3 heterocycles. The van der Waals surface area contributed by atoms with Crippen molar-refractivity contribution in [2.24, 2.45) is 0 Å². The number of piperidine rings is 1. The van der Waals surface area contributed by atoms with E-state index < -0.39 is 0 Å². The smallest absolute Gasteiger partial charge is 0.235 e. The van der Waals surface area contributed by atoms with Crippen molar-refractivity contribution in [2.45, 2.75) is 36.6 Å². The molecular formula is C14H16Cl2N4OS. The maximum absolute atomic E-state index is 12.5. The lowest BCUT2D eigenvalue weighted by Crippen LogP contribution is -2.40. The van der Waals surface area contributed by atoms with Gasteiger partial charge in [-0.3, -0.25) is 9.20 Å². The van der Waals surface area contributed by atoms with E-state index in [2.05, 4.69) is 10.2 Å². The molecule has 22 heavy (non-hydrogen) atoms. The zero-order chi connectivity index (χ0) is 15.7. The standard InChI is InChI=1S/C14H16Cl2N4OS/c1-9(13(21)19-5-3-2-4-6-19)22-14-18-17-12-11(16)7-10(15)8-20(12)14/h7-9H,2-6H2,1H3/t9-/m0/s1. The molecule has 1 amide bonds. The Morgan fingerprint density at radius 3 is 2.73 bits per heavy atom. The number of nitrogens with zero attached hydrogens (tertiary/aromatic N) is 4. The fraction of sp³-hybridized carbons (Fsp3) is 0.500. The van der Waals surface area contributed by atoms with Gasteiger partial charge in [0.1, 0.15) is 0 Å². The van der Waals surface area contributed by atoms with Crippen molar-refractivity contribution in [3.63, 3.8) is 0 Å². The van der Waals surface area contributed by atoms with Crippen LogP contribution in [0.25, 0.3) is 5.65 Å². The third-order valence-electron chi connectivity index (χ3n) is 3.69. The quantitative estimate of drug-likeness (QED) is 0.787. The third-order valence-corrected chi connectivity index (χ3v) is 5.22. The topological polar surface area (TPSA) is 50.5 Å². The van der Waals surface area contributed by atoms with Gasteiger partial charge in [0.25, 0.3) is 0 Å². The summed E-state index contributed by atoms with van der Waals surface area (Å²) in [5, 5.41) is 9.55. The van der Waals surface area contributed by atoms with Crippen LogP contribution in [-0.4, -0.2) is 43.7 Å². The number of carbonyl (C=O) groups is 1. The number of thioether (sulfide) groups is 1. The van der Waals surface area contributed by atoms with E-state index in [1.165, 1.54) is 18.2 Å². The predicted octanol–water partition coefficient (Wildman–Crippen LogP) is 3.53. The number of pyridine rings is 1. The Labute approximate surface area is 143 Å². The first-order valence-corrected chi connectivity index (χ1v) is 8.85. The monoisotopic (exact) mass is 358 g/mol. The molecule has 0 spiro atoms. The molecule has 5 nitrogen and oxygen atoms in total. The van der Waals surface area contributed by atoms with Gasteiger partial charge in [-0.25, -0.2) is 0 Å². The molecule has 1 atom stereocenters. The number of carbonyl (C=O) groups excluding carboxylic acids is 1. The van der Waals surface area contributed by atoms with Crippen LogP contribution in [-0.2, 0) is 4.79 Å². The van der Waals surface area contributed by atoms with Crippen LogP contribution in [0, 0.1) is 0 Å². The zero-order valence-corrected chi connectivity index (χ0v) is 14.5. The predicted molar refractivity (Wildman–Crippen MR) is 88.8 cm³/mol. The molecule has 8 heteroatoms. The van der Waals surface area contributed by atoms with Crippen LogP contribution in [0.5, 0.6) is 0 Å². The molecular weight excluding hydrogens is 343 g/mol. The fourth-order valence-corrected chi connectivity index (χ4v) is 3.98. The third kappa shape index (κ3) is 3.19. The maximum atomic E-state index is 12.5. The average Bonchev–Trinajstić information content (AvgIpc) is 2.90. The summed E-state index contributed by atoms with van der Waals surface area (Å²) in [5.41, 5.74) is 0.547. The van der Waals surface area contributed by atoms with Gasteiger partial charge in [0.2, 0.25) is 5.91 Å². The highest BCUT2D eigenvalue weighted by molar-refractivity contribution is 8.00. The van der Waals surface area contributed by atoms with E-state index in [1.54, 1.807) is 16.7 Å². The van der Waals surface area contributed by atoms with Crippen molar-refractivity contribution in [1.82, 2.24) is 19.5 Å². The average molecular weight is 359 g/mol. The minimum atomic E-state index is -0.219. The fourth-order valence-electron chi connectivity index (χ4n) is 2.56. The minimum absolute atomic E-state index is 0.148. The van der Waals surface area contributed by atoms with Gasteiger partial charge in [0.05, 0.1) is 15.3 Å². The second kappa shape index (κ2) is 6.64. The number of rotatable bonds is 3. The van der Waals surface area contributed by atoms with Crippen LogP contribution in [0.1, 0.15) is 26.2 Å². The van der Waals surface area contributed by atoms with Crippen LogP contribution in [0.2, 0.25) is 10.0 Å². The Balaban J connectivity index is 1.79. The molecule has 2 aromatic heterocycles. The lowest BCUT2D eigenvalue weighted by atomic mass is 10.1. The van der Waals surface area contributed by atoms with Crippen molar-refractivity contribution in [2.75, 3.05) is 13.1 Å². The number of fused-ring (bicyclic) bond motifs is 1. The van der Waals surface area contributed by atoms with Gasteiger partial charge in [-0.1, -0.05) is 35.0 Å². The van der Waals surface area contributed by atoms with E-state index >= 15 is 0 Å².